The van der Waals surface area contributed by atoms with Crippen LogP contribution in [-0.2, 0) is 23.5 Å². The molecule has 0 saturated heterocycles. The molecule has 1 aliphatic rings. The number of hydrogen-bond donors (Lipinski definition) is 2. The maximum absolute atomic E-state index is 14.3. The van der Waals surface area contributed by atoms with Gasteiger partial charge in [-0.3, -0.25) is 19.3 Å². The van der Waals surface area contributed by atoms with Crippen LogP contribution in [0.3, 0.4) is 0 Å². The summed E-state index contributed by atoms with van der Waals surface area (Å²) in [5.74, 6) is -2.73. The Morgan fingerprint density at radius 2 is 1.60 bits per heavy atom. The summed E-state index contributed by atoms with van der Waals surface area (Å²) in [6, 6.07) is 9.45. The van der Waals surface area contributed by atoms with Gasteiger partial charge in [-0.2, -0.15) is 26.3 Å². The molecule has 5 nitrogen and oxygen atoms in total. The molecule has 2 N–H and O–H groups in total. The van der Waals surface area contributed by atoms with E-state index in [1.54, 1.807) is 0 Å². The van der Waals surface area contributed by atoms with Crippen molar-refractivity contribution in [2.24, 2.45) is 0 Å². The van der Waals surface area contributed by atoms with Crippen LogP contribution >= 0.6 is 33.9 Å². The molecule has 0 radical (unpaired) electrons. The van der Waals surface area contributed by atoms with Crippen molar-refractivity contribution >= 4 is 48.1 Å². The van der Waals surface area contributed by atoms with E-state index in [0.29, 0.717) is 6.08 Å². The van der Waals surface area contributed by atoms with Crippen molar-refractivity contribution in [2.75, 3.05) is 12.3 Å². The summed E-state index contributed by atoms with van der Waals surface area (Å²) in [7, 11) is 1.12. The second kappa shape index (κ2) is 9.15. The summed E-state index contributed by atoms with van der Waals surface area (Å²) in [5, 5.41) is 0.316. The molecule has 35 heavy (non-hydrogen) atoms. The fourth-order valence-corrected chi connectivity index (χ4v) is 7.07. The molecule has 1 atom stereocenters. The molecule has 2 aromatic carbocycles. The van der Waals surface area contributed by atoms with Crippen LogP contribution < -0.4 is 10.8 Å². The van der Waals surface area contributed by atoms with Crippen LogP contribution in [0.5, 0.6) is 0 Å². The molecule has 1 aliphatic heterocycles. The zero-order valence-corrected chi connectivity index (χ0v) is 20.2. The van der Waals surface area contributed by atoms with E-state index in [4.69, 9.17) is 38.7 Å². The second-order valence-corrected chi connectivity index (χ2v) is 13.5. The fraction of sp³-hybridized carbons (Fsp3) is 0.250. The molecule has 0 saturated carbocycles. The normalized spacial score (nSPS) is 19.9. The molecule has 1 amide bonds. The Morgan fingerprint density at radius 1 is 1.03 bits per heavy atom. The van der Waals surface area contributed by atoms with Crippen molar-refractivity contribution in [1.29, 1.82) is 0 Å². The molecule has 0 aliphatic carbocycles. The highest BCUT2D eigenvalue weighted by Gasteiger charge is 2.62. The number of benzene rings is 2. The quantitative estimate of drug-likeness (QED) is 0.331. The predicted molar refractivity (Wildman–Crippen MR) is 119 cm³/mol. The molecule has 192 valence electrons. The highest BCUT2D eigenvalue weighted by Crippen LogP contribution is 2.54. The molecule has 1 unspecified atom stereocenters. The fourth-order valence-electron chi connectivity index (χ4n) is 3.25. The number of carbonyl (C=O) groups is 1. The van der Waals surface area contributed by atoms with E-state index >= 15 is 0 Å². The Hall–Kier alpha value is -1.99. The molecular formula is C20H15Cl3F6N2O3S. The molecule has 0 bridgehead atoms. The summed E-state index contributed by atoms with van der Waals surface area (Å²) in [6.45, 7) is -1.77. The third-order valence-electron chi connectivity index (χ3n) is 4.89. The van der Waals surface area contributed by atoms with Gasteiger partial charge in [-0.25, -0.2) is 0 Å². The minimum absolute atomic E-state index is 0.167. The molecule has 0 aromatic heterocycles. The first-order valence-corrected chi connectivity index (χ1v) is 13.1. The van der Waals surface area contributed by atoms with E-state index in [-0.39, 0.29) is 14.9 Å². The number of nitrogens with one attached hydrogen (secondary N) is 2. The largest absolute Gasteiger partial charge is 0.428 e. The Morgan fingerprint density at radius 3 is 2.11 bits per heavy atom. The second-order valence-electron chi connectivity index (χ2n) is 7.46. The maximum atomic E-state index is 14.3. The lowest BCUT2D eigenvalue weighted by Crippen LogP contribution is -2.45. The summed E-state index contributed by atoms with van der Waals surface area (Å²) < 4.78 is 94.9. The maximum Gasteiger partial charge on any atom is 0.428 e. The van der Waals surface area contributed by atoms with Crippen LogP contribution in [0.4, 0.5) is 26.3 Å². The van der Waals surface area contributed by atoms with Gasteiger partial charge in [0.25, 0.3) is 0 Å². The lowest BCUT2D eigenvalue weighted by Gasteiger charge is -2.35. The van der Waals surface area contributed by atoms with Crippen LogP contribution in [0.15, 0.2) is 64.5 Å². The summed E-state index contributed by atoms with van der Waals surface area (Å²) in [4.78, 5) is 16.9. The van der Waals surface area contributed by atoms with Gasteiger partial charge in [0.15, 0.2) is 0 Å². The van der Waals surface area contributed by atoms with Gasteiger partial charge in [-0.1, -0.05) is 41.4 Å². The number of rotatable bonds is 6. The van der Waals surface area contributed by atoms with Gasteiger partial charge in [-0.15, -0.1) is 0 Å². The standard InChI is InChI=1S/C20H15Cl3F6N2O3S/c21-13-6-12(7-14(22)8-13)18(20(27,28)29)9-17(31-34-18)35(23,33,15-4-2-1-3-5-15)10-16(32)30-11-19(24,25)26/h1-9,31H,10-11H2,(H,30,32). The average molecular weight is 584 g/mol. The minimum atomic E-state index is -5.36. The molecule has 2 aromatic rings. The number of hydroxylamine groups is 1. The minimum Gasteiger partial charge on any atom is -0.346 e. The van der Waals surface area contributed by atoms with E-state index in [9.17, 15) is 35.3 Å². The topological polar surface area (TPSA) is 67.4 Å². The summed E-state index contributed by atoms with van der Waals surface area (Å²) >= 11 is 11.7. The smallest absolute Gasteiger partial charge is 0.346 e. The Labute approximate surface area is 209 Å². The number of amides is 1. The molecule has 0 fully saturated rings. The Bertz CT molecular complexity index is 1220. The van der Waals surface area contributed by atoms with E-state index in [1.165, 1.54) is 29.6 Å². The van der Waals surface area contributed by atoms with Gasteiger partial charge < -0.3 is 5.32 Å². The third kappa shape index (κ3) is 5.56. The molecular weight excluding hydrogens is 569 g/mol. The number of carbonyl (C=O) groups excluding carboxylic acids is 1. The SMILES string of the molecule is O=C(CS(=O)(Cl)(C1=CC(c2cc(Cl)cc(Cl)c2)(C(F)(F)F)ON1)c1ccccc1)NCC(F)(F)F. The molecule has 0 spiro atoms. The number of hydrogen-bond acceptors (Lipinski definition) is 4. The zero-order chi connectivity index (χ0) is 26.3. The van der Waals surface area contributed by atoms with E-state index in [0.717, 1.165) is 24.3 Å². The van der Waals surface area contributed by atoms with Gasteiger partial charge in [0.05, 0.1) is 0 Å². The van der Waals surface area contributed by atoms with Gasteiger partial charge in [-0.05, 0) is 47.1 Å². The summed E-state index contributed by atoms with van der Waals surface area (Å²) in [5.41, 5.74) is -2.00. The monoisotopic (exact) mass is 582 g/mol. The average Bonchev–Trinajstić information content (AvgIpc) is 3.20. The predicted octanol–water partition coefficient (Wildman–Crippen LogP) is 5.84. The molecule has 1 heterocycles. The molecule has 15 heteroatoms. The first-order valence-electron chi connectivity index (χ1n) is 9.42. The van der Waals surface area contributed by atoms with Crippen molar-refractivity contribution in [1.82, 2.24) is 10.8 Å². The van der Waals surface area contributed by atoms with Gasteiger partial charge in [0, 0.05) is 28.8 Å². The Kier molecular flexibility index (Phi) is 7.21. The summed E-state index contributed by atoms with van der Waals surface area (Å²) in [6.07, 6.45) is -9.62. The van der Waals surface area contributed by atoms with Crippen molar-refractivity contribution in [3.63, 3.8) is 0 Å². The van der Waals surface area contributed by atoms with Crippen LogP contribution in [0.25, 0.3) is 0 Å². The van der Waals surface area contributed by atoms with Crippen molar-refractivity contribution in [3.8, 4) is 0 Å². The van der Waals surface area contributed by atoms with E-state index in [2.05, 4.69) is 0 Å². The van der Waals surface area contributed by atoms with Crippen LogP contribution in [0.1, 0.15) is 5.56 Å². The van der Waals surface area contributed by atoms with E-state index < -0.39 is 55.0 Å². The van der Waals surface area contributed by atoms with Crippen LogP contribution in [0, 0.1) is 0 Å². The number of alkyl halides is 6. The lowest BCUT2D eigenvalue weighted by atomic mass is 9.93. The molecule has 3 rings (SSSR count). The van der Waals surface area contributed by atoms with Gasteiger partial charge in [0.1, 0.15) is 17.3 Å². The highest BCUT2D eigenvalue weighted by atomic mass is 35.7. The first-order chi connectivity index (χ1) is 16.0. The van der Waals surface area contributed by atoms with Gasteiger partial charge >= 0.3 is 12.4 Å². The van der Waals surface area contributed by atoms with Crippen LogP contribution in [-0.4, -0.2) is 34.8 Å². The Balaban J connectivity index is 2.19. The van der Waals surface area contributed by atoms with Crippen molar-refractivity contribution < 1.29 is 40.2 Å². The van der Waals surface area contributed by atoms with Gasteiger partial charge in [0.2, 0.25) is 11.5 Å². The van der Waals surface area contributed by atoms with Crippen molar-refractivity contribution in [3.05, 3.63) is 75.2 Å². The number of halogens is 9. The van der Waals surface area contributed by atoms with Crippen LogP contribution in [0.2, 0.25) is 10.0 Å². The first kappa shape index (κ1) is 27.6. The van der Waals surface area contributed by atoms with E-state index in [1.807, 2.05) is 5.48 Å². The third-order valence-corrected chi connectivity index (χ3v) is 9.75. The highest BCUT2D eigenvalue weighted by molar-refractivity contribution is 8.41. The zero-order valence-electron chi connectivity index (χ0n) is 17.1. The van der Waals surface area contributed by atoms with Crippen molar-refractivity contribution in [2.45, 2.75) is 22.8 Å². The lowest BCUT2D eigenvalue weighted by molar-refractivity contribution is -0.270.